The summed E-state index contributed by atoms with van der Waals surface area (Å²) in [6.45, 7) is -3.31. The lowest BCUT2D eigenvalue weighted by atomic mass is 10.3. The van der Waals surface area contributed by atoms with Crippen LogP contribution in [0.3, 0.4) is 0 Å². The van der Waals surface area contributed by atoms with Gasteiger partial charge in [-0.2, -0.15) is 8.78 Å². The van der Waals surface area contributed by atoms with Crippen molar-refractivity contribution < 1.29 is 27.8 Å². The van der Waals surface area contributed by atoms with Crippen LogP contribution in [0, 0.1) is 5.82 Å². The van der Waals surface area contributed by atoms with Crippen molar-refractivity contribution in [3.05, 3.63) is 24.0 Å². The van der Waals surface area contributed by atoms with E-state index >= 15 is 0 Å². The number of rotatable bonds is 5. The maximum absolute atomic E-state index is 12.9. The van der Waals surface area contributed by atoms with Gasteiger partial charge in [-0.3, -0.25) is 0 Å². The maximum Gasteiger partial charge on any atom is 0.387 e. The summed E-state index contributed by atoms with van der Waals surface area (Å²) in [6, 6.07) is 2.21. The number of aliphatic hydroxyl groups excluding tert-OH is 1. The minimum Gasteiger partial charge on any atom is -0.432 e. The van der Waals surface area contributed by atoms with Gasteiger partial charge in [0.15, 0.2) is 5.75 Å². The van der Waals surface area contributed by atoms with Crippen LogP contribution in [0.25, 0.3) is 0 Å². The van der Waals surface area contributed by atoms with Crippen molar-refractivity contribution in [2.75, 3.05) is 25.5 Å². The molecule has 1 aromatic rings. The average Bonchev–Trinajstić information content (AvgIpc) is 2.32. The molecule has 0 atom stereocenters. The topological polar surface area (TPSA) is 61.8 Å². The largest absolute Gasteiger partial charge is 0.432 e. The van der Waals surface area contributed by atoms with Crippen LogP contribution in [0.2, 0.25) is 0 Å². The highest BCUT2D eigenvalue weighted by atomic mass is 19.3. The van der Waals surface area contributed by atoms with Gasteiger partial charge in [-0.1, -0.05) is 0 Å². The maximum atomic E-state index is 12.9. The second-order valence-corrected chi connectivity index (χ2v) is 3.59. The Morgan fingerprint density at radius 3 is 2.79 bits per heavy atom. The second-order valence-electron chi connectivity index (χ2n) is 3.59. The first kappa shape index (κ1) is 15.1. The summed E-state index contributed by atoms with van der Waals surface area (Å²) in [4.78, 5) is 12.7. The number of nitrogens with one attached hydrogen (secondary N) is 1. The van der Waals surface area contributed by atoms with Crippen molar-refractivity contribution in [1.82, 2.24) is 4.90 Å². The number of benzene rings is 1. The van der Waals surface area contributed by atoms with Crippen molar-refractivity contribution in [2.45, 2.75) is 6.61 Å². The number of amides is 2. The van der Waals surface area contributed by atoms with Crippen molar-refractivity contribution in [1.29, 1.82) is 0 Å². The third-order valence-electron chi connectivity index (χ3n) is 2.18. The molecule has 1 aromatic carbocycles. The van der Waals surface area contributed by atoms with E-state index in [-0.39, 0.29) is 18.8 Å². The molecule has 0 saturated heterocycles. The molecule has 0 radical (unpaired) electrons. The van der Waals surface area contributed by atoms with E-state index < -0.39 is 24.2 Å². The van der Waals surface area contributed by atoms with Crippen molar-refractivity contribution in [3.8, 4) is 5.75 Å². The van der Waals surface area contributed by atoms with Crippen LogP contribution < -0.4 is 10.1 Å². The van der Waals surface area contributed by atoms with Gasteiger partial charge in [0, 0.05) is 19.7 Å². The molecule has 0 aliphatic carbocycles. The van der Waals surface area contributed by atoms with E-state index in [1.807, 2.05) is 0 Å². The normalized spacial score (nSPS) is 10.4. The Kier molecular flexibility index (Phi) is 5.43. The van der Waals surface area contributed by atoms with E-state index in [9.17, 15) is 18.0 Å². The van der Waals surface area contributed by atoms with Gasteiger partial charge in [0.1, 0.15) is 5.82 Å². The first-order chi connectivity index (χ1) is 8.93. The molecule has 0 unspecified atom stereocenters. The van der Waals surface area contributed by atoms with Crippen molar-refractivity contribution in [3.63, 3.8) is 0 Å². The predicted molar refractivity (Wildman–Crippen MR) is 61.8 cm³/mol. The first-order valence-electron chi connectivity index (χ1n) is 5.31. The molecule has 1 rings (SSSR count). The molecule has 0 aliphatic heterocycles. The molecular formula is C11H13F3N2O3. The van der Waals surface area contributed by atoms with Crippen molar-refractivity contribution in [2.24, 2.45) is 0 Å². The predicted octanol–water partition coefficient (Wildman–Crippen LogP) is 1.88. The molecule has 0 fully saturated rings. The number of likely N-dealkylation sites (N-methyl/N-ethyl adjacent to an activating group) is 1. The average molecular weight is 278 g/mol. The van der Waals surface area contributed by atoms with Gasteiger partial charge in [0.25, 0.3) is 0 Å². The molecule has 19 heavy (non-hydrogen) atoms. The highest BCUT2D eigenvalue weighted by Gasteiger charge is 2.15. The van der Waals surface area contributed by atoms with E-state index in [1.54, 1.807) is 0 Å². The van der Waals surface area contributed by atoms with E-state index in [4.69, 9.17) is 5.11 Å². The summed E-state index contributed by atoms with van der Waals surface area (Å²) in [5, 5.41) is 10.9. The molecule has 0 bridgehead atoms. The zero-order valence-corrected chi connectivity index (χ0v) is 10.1. The summed E-state index contributed by atoms with van der Waals surface area (Å²) in [7, 11) is 1.41. The molecule has 106 valence electrons. The fraction of sp³-hybridized carbons (Fsp3) is 0.364. The van der Waals surface area contributed by atoms with Crippen LogP contribution in [-0.4, -0.2) is 42.8 Å². The Hall–Kier alpha value is -1.96. The number of anilines is 1. The lowest BCUT2D eigenvalue weighted by Gasteiger charge is -2.18. The number of carbonyl (C=O) groups excluding carboxylic acids is 1. The van der Waals surface area contributed by atoms with Crippen molar-refractivity contribution >= 4 is 11.7 Å². The van der Waals surface area contributed by atoms with E-state index in [1.165, 1.54) is 7.05 Å². The van der Waals surface area contributed by atoms with Gasteiger partial charge in [0.2, 0.25) is 0 Å². The first-order valence-corrected chi connectivity index (χ1v) is 5.31. The van der Waals surface area contributed by atoms with Crippen LogP contribution in [0.5, 0.6) is 5.75 Å². The van der Waals surface area contributed by atoms with E-state index in [2.05, 4.69) is 10.1 Å². The molecule has 0 aliphatic rings. The van der Waals surface area contributed by atoms with Crippen LogP contribution >= 0.6 is 0 Å². The Balaban J connectivity index is 2.84. The number of halogens is 3. The van der Waals surface area contributed by atoms with Gasteiger partial charge < -0.3 is 20.1 Å². The quantitative estimate of drug-likeness (QED) is 0.864. The van der Waals surface area contributed by atoms with Gasteiger partial charge in [0.05, 0.1) is 12.3 Å². The SMILES string of the molecule is CN(CCO)C(=O)Nc1ccc(F)cc1OC(F)F. The molecule has 0 aromatic heterocycles. The minimum atomic E-state index is -3.13. The van der Waals surface area contributed by atoms with Crippen LogP contribution in [0.1, 0.15) is 0 Å². The van der Waals surface area contributed by atoms with Gasteiger partial charge in [-0.05, 0) is 12.1 Å². The molecule has 8 heteroatoms. The number of aliphatic hydroxyl groups is 1. The van der Waals surface area contributed by atoms with Crippen LogP contribution in [0.4, 0.5) is 23.7 Å². The number of hydrogen-bond acceptors (Lipinski definition) is 3. The number of nitrogens with zero attached hydrogens (tertiary/aromatic N) is 1. The Labute approximate surface area is 107 Å². The van der Waals surface area contributed by atoms with Gasteiger partial charge in [-0.15, -0.1) is 0 Å². The zero-order chi connectivity index (χ0) is 14.4. The van der Waals surface area contributed by atoms with E-state index in [0.29, 0.717) is 0 Å². The molecular weight excluding hydrogens is 265 g/mol. The number of urea groups is 1. The third kappa shape index (κ3) is 4.66. The standard InChI is InChI=1S/C11H13F3N2O3/c1-16(4-5-17)11(18)15-8-3-2-7(12)6-9(8)19-10(13)14/h2-3,6,10,17H,4-5H2,1H3,(H,15,18). The Bertz CT molecular complexity index is 443. The molecule has 2 N–H and O–H groups in total. The number of carbonyl (C=O) groups is 1. The molecule has 0 heterocycles. The Morgan fingerprint density at radius 2 is 2.21 bits per heavy atom. The van der Waals surface area contributed by atoms with E-state index in [0.717, 1.165) is 23.1 Å². The monoisotopic (exact) mass is 278 g/mol. The number of alkyl halides is 2. The van der Waals surface area contributed by atoms with Gasteiger partial charge in [-0.25, -0.2) is 9.18 Å². The summed E-state index contributed by atoms with van der Waals surface area (Å²) in [5.41, 5.74) is -0.0866. The summed E-state index contributed by atoms with van der Waals surface area (Å²) in [5.74, 6) is -1.24. The third-order valence-corrected chi connectivity index (χ3v) is 2.18. The highest BCUT2D eigenvalue weighted by Crippen LogP contribution is 2.27. The van der Waals surface area contributed by atoms with Crippen LogP contribution in [0.15, 0.2) is 18.2 Å². The lowest BCUT2D eigenvalue weighted by Crippen LogP contribution is -2.33. The lowest BCUT2D eigenvalue weighted by molar-refractivity contribution is -0.0495. The van der Waals surface area contributed by atoms with Gasteiger partial charge >= 0.3 is 12.6 Å². The smallest absolute Gasteiger partial charge is 0.387 e. The molecule has 0 saturated carbocycles. The number of ether oxygens (including phenoxy) is 1. The van der Waals surface area contributed by atoms with Crippen LogP contribution in [-0.2, 0) is 0 Å². The Morgan fingerprint density at radius 1 is 1.53 bits per heavy atom. The fourth-order valence-electron chi connectivity index (χ4n) is 1.26. The fourth-order valence-corrected chi connectivity index (χ4v) is 1.26. The molecule has 5 nitrogen and oxygen atoms in total. The zero-order valence-electron chi connectivity index (χ0n) is 10.1. The number of hydrogen-bond donors (Lipinski definition) is 2. The summed E-state index contributed by atoms with van der Waals surface area (Å²) in [6.07, 6.45) is 0. The molecule has 2 amide bonds. The summed E-state index contributed by atoms with van der Waals surface area (Å²) >= 11 is 0. The highest BCUT2D eigenvalue weighted by molar-refractivity contribution is 5.90. The minimum absolute atomic E-state index is 0.0675. The molecule has 0 spiro atoms. The summed E-state index contributed by atoms with van der Waals surface area (Å²) < 4.78 is 41.3. The second kappa shape index (κ2) is 6.83.